The lowest BCUT2D eigenvalue weighted by atomic mass is 9.96. The number of anilines is 1. The van der Waals surface area contributed by atoms with Crippen LogP contribution in [0.1, 0.15) is 27.9 Å². The van der Waals surface area contributed by atoms with Crippen LogP contribution in [0, 0.1) is 11.3 Å². The summed E-state index contributed by atoms with van der Waals surface area (Å²) in [6.45, 7) is 2.51. The molecule has 1 aliphatic heterocycles. The quantitative estimate of drug-likeness (QED) is 0.143. The largest absolute Gasteiger partial charge is 0.461 e. The Hall–Kier alpha value is -4.88. The zero-order valence-corrected chi connectivity index (χ0v) is 23.7. The number of aromatic nitrogens is 2. The van der Waals surface area contributed by atoms with E-state index in [0.29, 0.717) is 46.3 Å². The number of para-hydroxylation sites is 1. The van der Waals surface area contributed by atoms with Gasteiger partial charge >= 0.3 is 0 Å². The van der Waals surface area contributed by atoms with Gasteiger partial charge in [0.1, 0.15) is 22.6 Å². The molecule has 0 radical (unpaired) electrons. The van der Waals surface area contributed by atoms with Crippen LogP contribution in [0.3, 0.4) is 0 Å². The highest BCUT2D eigenvalue weighted by atomic mass is 32.1. The number of fused-ring (bicyclic) bond motifs is 1. The zero-order valence-electron chi connectivity index (χ0n) is 22.9. The first kappa shape index (κ1) is 28.6. The number of carbonyl (C=O) groups is 1. The molecule has 0 atom stereocenters. The Morgan fingerprint density at radius 3 is 2.40 bits per heavy atom. The number of benzene rings is 2. The molecule has 0 saturated heterocycles. The molecule has 3 heterocycles. The van der Waals surface area contributed by atoms with Crippen LogP contribution in [0.2, 0.25) is 0 Å². The minimum absolute atomic E-state index is 0.0306. The van der Waals surface area contributed by atoms with E-state index in [9.17, 15) is 20.3 Å². The van der Waals surface area contributed by atoms with Gasteiger partial charge in [-0.15, -0.1) is 11.3 Å². The summed E-state index contributed by atoms with van der Waals surface area (Å²) < 4.78 is 6.95. The van der Waals surface area contributed by atoms with Gasteiger partial charge in [0.05, 0.1) is 34.6 Å². The number of aliphatic hydroxyl groups is 2. The molecule has 2 aromatic carbocycles. The first-order valence-electron chi connectivity index (χ1n) is 13.3. The second kappa shape index (κ2) is 13.2. The molecule has 0 aliphatic carbocycles. The Morgan fingerprint density at radius 1 is 1.02 bits per heavy atom. The van der Waals surface area contributed by atoms with Crippen LogP contribution in [0.4, 0.5) is 5.69 Å². The third-order valence-electron chi connectivity index (χ3n) is 6.58. The molecule has 0 spiro atoms. The summed E-state index contributed by atoms with van der Waals surface area (Å²) >= 11 is 1.43. The van der Waals surface area contributed by atoms with E-state index >= 15 is 0 Å². The van der Waals surface area contributed by atoms with Crippen molar-refractivity contribution in [1.82, 2.24) is 9.97 Å². The minimum atomic E-state index is -0.207. The second-order valence-electron chi connectivity index (χ2n) is 9.44. The summed E-state index contributed by atoms with van der Waals surface area (Å²) in [5.74, 6) is 0.644. The van der Waals surface area contributed by atoms with Gasteiger partial charge in [0.2, 0.25) is 0 Å². The monoisotopic (exact) mass is 576 g/mol. The summed E-state index contributed by atoms with van der Waals surface area (Å²) in [4.78, 5) is 24.6. The van der Waals surface area contributed by atoms with Crippen molar-refractivity contribution in [2.75, 3.05) is 31.2 Å². The smallest absolute Gasteiger partial charge is 0.196 e. The van der Waals surface area contributed by atoms with E-state index in [-0.39, 0.29) is 24.6 Å². The van der Waals surface area contributed by atoms with Crippen molar-refractivity contribution in [3.05, 3.63) is 124 Å². The number of aliphatic hydroxyl groups excluding tert-OH is 2. The predicted molar refractivity (Wildman–Crippen MR) is 164 cm³/mol. The molecule has 9 heteroatoms. The Labute approximate surface area is 247 Å². The molecule has 4 aromatic rings. The number of ether oxygens (including phenoxy) is 1. The van der Waals surface area contributed by atoms with Gasteiger partial charge in [-0.2, -0.15) is 5.26 Å². The maximum absolute atomic E-state index is 13.9. The van der Waals surface area contributed by atoms with Gasteiger partial charge in [-0.3, -0.25) is 9.78 Å². The maximum atomic E-state index is 13.9. The molecular formula is C33H28N4O4S. The van der Waals surface area contributed by atoms with Crippen molar-refractivity contribution in [3.8, 4) is 6.07 Å². The van der Waals surface area contributed by atoms with E-state index in [4.69, 9.17) is 9.72 Å². The number of pyridine rings is 1. The zero-order chi connectivity index (χ0) is 29.5. The highest BCUT2D eigenvalue weighted by Gasteiger charge is 2.24. The molecule has 2 N–H and O–H groups in total. The first-order chi connectivity index (χ1) is 20.5. The van der Waals surface area contributed by atoms with Gasteiger partial charge in [-0.1, -0.05) is 24.3 Å². The minimum Gasteiger partial charge on any atom is -0.461 e. The SMILES string of the molecule is CC1=C/C(=C(/C(=O)c2ccncc2)c2nc3ccccc3s2)C=C(C(C#N)=Cc2ccc(N(CCO)CCO)cc2)O1. The number of Topliss-reactive ketones (excluding diaryl/α,β-unsaturated/α-hetero) is 1. The average molecular weight is 577 g/mol. The van der Waals surface area contributed by atoms with Crippen molar-refractivity contribution in [2.24, 2.45) is 0 Å². The van der Waals surface area contributed by atoms with Gasteiger partial charge in [0.15, 0.2) is 5.78 Å². The second-order valence-corrected chi connectivity index (χ2v) is 10.5. The molecule has 0 saturated carbocycles. The highest BCUT2D eigenvalue weighted by Crippen LogP contribution is 2.35. The normalized spacial score (nSPS) is 14.5. The van der Waals surface area contributed by atoms with Gasteiger partial charge in [0.25, 0.3) is 0 Å². The summed E-state index contributed by atoms with van der Waals surface area (Å²) in [6, 6.07) is 20.8. The molecular weight excluding hydrogens is 548 g/mol. The van der Waals surface area contributed by atoms with Crippen LogP contribution >= 0.6 is 11.3 Å². The summed E-state index contributed by atoms with van der Waals surface area (Å²) in [5, 5.41) is 29.4. The van der Waals surface area contributed by atoms with Crippen LogP contribution in [0.25, 0.3) is 21.9 Å². The molecule has 0 fully saturated rings. The van der Waals surface area contributed by atoms with Crippen molar-refractivity contribution in [2.45, 2.75) is 6.92 Å². The molecule has 210 valence electrons. The van der Waals surface area contributed by atoms with Crippen LogP contribution in [0.15, 0.2) is 108 Å². The molecule has 0 amide bonds. The topological polar surface area (TPSA) is 120 Å². The Balaban J connectivity index is 1.58. The van der Waals surface area contributed by atoms with Crippen molar-refractivity contribution in [1.29, 1.82) is 5.26 Å². The molecule has 5 rings (SSSR count). The van der Waals surface area contributed by atoms with Crippen molar-refractivity contribution in [3.63, 3.8) is 0 Å². The number of ketones is 1. The lowest BCUT2D eigenvalue weighted by molar-refractivity contribution is 0.105. The predicted octanol–water partition coefficient (Wildman–Crippen LogP) is 5.54. The molecule has 2 aromatic heterocycles. The van der Waals surface area contributed by atoms with Crippen LogP contribution in [0.5, 0.6) is 0 Å². The van der Waals surface area contributed by atoms with E-state index in [0.717, 1.165) is 21.5 Å². The van der Waals surface area contributed by atoms with Gasteiger partial charge in [-0.25, -0.2) is 4.98 Å². The van der Waals surface area contributed by atoms with Crippen molar-refractivity contribution >= 4 is 44.7 Å². The van der Waals surface area contributed by atoms with Crippen molar-refractivity contribution < 1.29 is 19.7 Å². The third kappa shape index (κ3) is 6.37. The Kier molecular flexibility index (Phi) is 8.99. The van der Waals surface area contributed by atoms with E-state index in [2.05, 4.69) is 11.1 Å². The summed E-state index contributed by atoms with van der Waals surface area (Å²) in [7, 11) is 0. The van der Waals surface area contributed by atoms with Gasteiger partial charge in [-0.05, 0) is 72.7 Å². The molecule has 0 unspecified atom stereocenters. The maximum Gasteiger partial charge on any atom is 0.196 e. The van der Waals surface area contributed by atoms with Crippen LogP contribution in [-0.2, 0) is 4.74 Å². The highest BCUT2D eigenvalue weighted by molar-refractivity contribution is 7.19. The first-order valence-corrected chi connectivity index (χ1v) is 14.1. The number of nitriles is 1. The fourth-order valence-corrected chi connectivity index (χ4v) is 5.64. The summed E-state index contributed by atoms with van der Waals surface area (Å²) in [5.41, 5.74) is 4.19. The number of allylic oxidation sites excluding steroid dienone is 6. The Bertz CT molecular complexity index is 1720. The molecule has 0 bridgehead atoms. The molecule has 8 nitrogen and oxygen atoms in total. The van der Waals surface area contributed by atoms with Crippen LogP contribution in [-0.4, -0.2) is 52.3 Å². The third-order valence-corrected chi connectivity index (χ3v) is 7.63. The van der Waals surface area contributed by atoms with E-state index in [1.54, 1.807) is 49.7 Å². The number of thiazole rings is 1. The van der Waals surface area contributed by atoms with E-state index < -0.39 is 0 Å². The fraction of sp³-hybridized carbons (Fsp3) is 0.152. The Morgan fingerprint density at radius 2 is 1.74 bits per heavy atom. The molecule has 1 aliphatic rings. The molecule has 42 heavy (non-hydrogen) atoms. The lowest BCUT2D eigenvalue weighted by Crippen LogP contribution is -2.29. The van der Waals surface area contributed by atoms with Gasteiger partial charge < -0.3 is 19.8 Å². The summed E-state index contributed by atoms with van der Waals surface area (Å²) in [6.07, 6.45) is 8.37. The van der Waals surface area contributed by atoms with E-state index in [1.165, 1.54) is 11.3 Å². The number of carbonyl (C=O) groups excluding carboxylic acids is 1. The number of rotatable bonds is 10. The van der Waals surface area contributed by atoms with E-state index in [1.807, 2.05) is 53.4 Å². The standard InChI is InChI=1S/C33H28N4O4S/c1-22-18-25(31(32(40)24-10-12-35-13-11-24)33-36-28-4-2-3-5-30(28)42-33)20-29(41-22)26(21-34)19-23-6-8-27(9-7-23)37(14-16-38)15-17-39/h2-13,18-20,38-39H,14-17H2,1H3/b26-19?,31-25+. The number of hydrogen-bond donors (Lipinski definition) is 2. The number of hydrogen-bond acceptors (Lipinski definition) is 9. The van der Waals surface area contributed by atoms with Gasteiger partial charge in [0, 0.05) is 36.7 Å². The van der Waals surface area contributed by atoms with Crippen LogP contribution < -0.4 is 4.90 Å². The fourth-order valence-electron chi connectivity index (χ4n) is 4.61. The number of nitrogens with zero attached hydrogens (tertiary/aromatic N) is 4. The lowest BCUT2D eigenvalue weighted by Gasteiger charge is -2.23. The average Bonchev–Trinajstić information content (AvgIpc) is 3.44.